The molecule has 0 aromatic carbocycles. The molecule has 1 aliphatic rings. The molecule has 5 atom stereocenters. The molecular weight excluding hydrogens is 681 g/mol. The first kappa shape index (κ1) is 48.7. The second kappa shape index (κ2) is 34.2. The summed E-state index contributed by atoms with van der Waals surface area (Å²) in [6, 6.07) is 0. The van der Waals surface area contributed by atoms with Crippen molar-refractivity contribution in [1.82, 2.24) is 0 Å². The highest BCUT2D eigenvalue weighted by Gasteiger charge is 2.35. The monoisotopic (exact) mass is 758 g/mol. The van der Waals surface area contributed by atoms with Gasteiger partial charge in [-0.1, -0.05) is 147 Å². The summed E-state index contributed by atoms with van der Waals surface area (Å²) in [5.41, 5.74) is 5.35. The number of allylic oxidation sites excluding steroid dienone is 2. The van der Waals surface area contributed by atoms with Crippen molar-refractivity contribution in [2.24, 2.45) is 5.73 Å². The van der Waals surface area contributed by atoms with E-state index in [2.05, 4.69) is 26.0 Å². The summed E-state index contributed by atoms with van der Waals surface area (Å²) < 4.78 is 38.9. The summed E-state index contributed by atoms with van der Waals surface area (Å²) in [6.45, 7) is 4.68. The summed E-state index contributed by atoms with van der Waals surface area (Å²) in [4.78, 5) is 22.4. The molecule has 0 radical (unpaired) electrons. The molecule has 10 nitrogen and oxygen atoms in total. The van der Waals surface area contributed by atoms with Gasteiger partial charge in [-0.15, -0.1) is 0 Å². The third kappa shape index (κ3) is 31.0. The van der Waals surface area contributed by atoms with Crippen LogP contribution in [0.2, 0.25) is 0 Å². The van der Waals surface area contributed by atoms with Crippen LogP contribution in [0.4, 0.5) is 0 Å². The first-order valence-electron chi connectivity index (χ1n) is 20.7. The predicted octanol–water partition coefficient (Wildman–Crippen LogP) is 9.82. The number of ether oxygens (including phenoxy) is 3. The van der Waals surface area contributed by atoms with Crippen LogP contribution in [0.15, 0.2) is 36.5 Å². The SMILES string of the molecule is CCCCC/C=C/CC1OC1/C=C\C(O)C/C=C/CCCC(=O)OC(COCCCCCCCCCCCCCCCC)COP(=O)(O)OCCN. The summed E-state index contributed by atoms with van der Waals surface area (Å²) in [6.07, 6.45) is 36.4. The number of carbonyl (C=O) groups is 1. The van der Waals surface area contributed by atoms with Gasteiger partial charge in [-0.05, 0) is 44.9 Å². The molecule has 1 fully saturated rings. The van der Waals surface area contributed by atoms with Crippen molar-refractivity contribution in [2.45, 2.75) is 186 Å². The Labute approximate surface area is 316 Å². The van der Waals surface area contributed by atoms with Crippen molar-refractivity contribution in [1.29, 1.82) is 0 Å². The van der Waals surface area contributed by atoms with E-state index in [9.17, 15) is 19.4 Å². The Morgan fingerprint density at radius 3 is 2.02 bits per heavy atom. The Balaban J connectivity index is 2.23. The van der Waals surface area contributed by atoms with Gasteiger partial charge in [-0.25, -0.2) is 4.57 Å². The molecule has 1 heterocycles. The fraction of sp³-hybridized carbons (Fsp3) is 0.829. The van der Waals surface area contributed by atoms with E-state index in [-0.39, 0.29) is 45.0 Å². The minimum atomic E-state index is -4.32. The highest BCUT2D eigenvalue weighted by atomic mass is 31.2. The smallest absolute Gasteiger partial charge is 0.457 e. The first-order valence-corrected chi connectivity index (χ1v) is 22.2. The van der Waals surface area contributed by atoms with E-state index in [0.29, 0.717) is 25.9 Å². The molecule has 1 aliphatic heterocycles. The summed E-state index contributed by atoms with van der Waals surface area (Å²) >= 11 is 0. The molecule has 0 bridgehead atoms. The number of hydrogen-bond donors (Lipinski definition) is 3. The summed E-state index contributed by atoms with van der Waals surface area (Å²) in [5.74, 6) is -0.435. The van der Waals surface area contributed by atoms with Crippen molar-refractivity contribution in [3.05, 3.63) is 36.5 Å². The molecule has 0 aromatic heterocycles. The lowest BCUT2D eigenvalue weighted by molar-refractivity contribution is -0.154. The second-order valence-corrected chi connectivity index (χ2v) is 15.5. The number of phosphoric acid groups is 1. The number of epoxide rings is 1. The highest BCUT2D eigenvalue weighted by molar-refractivity contribution is 7.47. The van der Waals surface area contributed by atoms with E-state index in [0.717, 1.165) is 25.7 Å². The zero-order chi connectivity index (χ0) is 38.0. The maximum Gasteiger partial charge on any atom is 0.472 e. The topological polar surface area (TPSA) is 150 Å². The number of nitrogens with two attached hydrogens (primary N) is 1. The van der Waals surface area contributed by atoms with Crippen LogP contribution in [0.5, 0.6) is 0 Å². The summed E-state index contributed by atoms with van der Waals surface area (Å²) in [7, 11) is -4.32. The van der Waals surface area contributed by atoms with Crippen molar-refractivity contribution in [3.63, 3.8) is 0 Å². The number of aliphatic hydroxyl groups excluding tert-OH is 1. The fourth-order valence-electron chi connectivity index (χ4n) is 5.77. The number of unbranched alkanes of at least 4 members (excludes halogenated alkanes) is 17. The first-order chi connectivity index (χ1) is 25.3. The van der Waals surface area contributed by atoms with Crippen LogP contribution in [-0.4, -0.2) is 73.4 Å². The molecule has 0 saturated carbocycles. The Morgan fingerprint density at radius 1 is 0.769 bits per heavy atom. The predicted molar refractivity (Wildman–Crippen MR) is 211 cm³/mol. The number of phosphoric ester groups is 1. The van der Waals surface area contributed by atoms with Gasteiger partial charge in [0.25, 0.3) is 0 Å². The number of rotatable bonds is 38. The van der Waals surface area contributed by atoms with E-state index in [4.69, 9.17) is 29.0 Å². The minimum Gasteiger partial charge on any atom is -0.457 e. The van der Waals surface area contributed by atoms with Crippen molar-refractivity contribution in [2.75, 3.05) is 33.0 Å². The number of aliphatic hydroxyl groups is 1. The maximum atomic E-state index is 12.6. The number of esters is 1. The summed E-state index contributed by atoms with van der Waals surface area (Å²) in [5, 5.41) is 10.3. The normalized spacial score (nSPS) is 18.4. The van der Waals surface area contributed by atoms with Gasteiger partial charge in [0.15, 0.2) is 0 Å². The quantitative estimate of drug-likeness (QED) is 0.0183. The van der Waals surface area contributed by atoms with Crippen LogP contribution in [-0.2, 0) is 32.6 Å². The van der Waals surface area contributed by atoms with Crippen molar-refractivity contribution in [3.8, 4) is 0 Å². The van der Waals surface area contributed by atoms with Gasteiger partial charge in [0, 0.05) is 19.6 Å². The molecule has 1 rings (SSSR count). The molecule has 52 heavy (non-hydrogen) atoms. The lowest BCUT2D eigenvalue weighted by Crippen LogP contribution is -2.28. The van der Waals surface area contributed by atoms with Crippen LogP contribution in [0.25, 0.3) is 0 Å². The van der Waals surface area contributed by atoms with Crippen LogP contribution >= 0.6 is 7.82 Å². The highest BCUT2D eigenvalue weighted by Crippen LogP contribution is 2.43. The Hall–Kier alpha value is -1.36. The number of carbonyl (C=O) groups excluding carboxylic acids is 1. The van der Waals surface area contributed by atoms with Gasteiger partial charge in [0.05, 0.1) is 32.0 Å². The molecule has 0 amide bonds. The second-order valence-electron chi connectivity index (χ2n) is 14.1. The molecule has 304 valence electrons. The van der Waals surface area contributed by atoms with E-state index in [1.165, 1.54) is 96.3 Å². The van der Waals surface area contributed by atoms with Crippen LogP contribution in [0.3, 0.4) is 0 Å². The van der Waals surface area contributed by atoms with E-state index >= 15 is 0 Å². The lowest BCUT2D eigenvalue weighted by Gasteiger charge is -2.20. The van der Waals surface area contributed by atoms with Crippen LogP contribution in [0.1, 0.15) is 162 Å². The Morgan fingerprint density at radius 2 is 1.37 bits per heavy atom. The average Bonchev–Trinajstić information content (AvgIpc) is 3.89. The molecule has 1 saturated heterocycles. The van der Waals surface area contributed by atoms with Gasteiger partial charge < -0.3 is 29.9 Å². The van der Waals surface area contributed by atoms with Gasteiger partial charge in [0.2, 0.25) is 0 Å². The molecule has 4 N–H and O–H groups in total. The standard InChI is InChI=1S/C41H76NO9P/c1-3-5-7-9-11-12-13-14-15-16-17-18-22-26-33-47-35-38(36-49-52(45,46)48-34-32-42)50-41(44)29-25-21-20-23-27-37(43)30-31-40-39(51-40)28-24-19-10-8-6-4-2/h19-20,23-24,30-31,37-40,43H,3-18,21-22,25-29,32-36,42H2,1-2H3,(H,45,46)/b23-20+,24-19+,31-30-. The van der Waals surface area contributed by atoms with Gasteiger partial charge in [0.1, 0.15) is 12.2 Å². The van der Waals surface area contributed by atoms with Crippen molar-refractivity contribution < 1.29 is 42.6 Å². The fourth-order valence-corrected chi connectivity index (χ4v) is 6.53. The molecule has 0 aliphatic carbocycles. The number of hydrogen-bond acceptors (Lipinski definition) is 9. The van der Waals surface area contributed by atoms with Gasteiger partial charge in [-0.3, -0.25) is 13.8 Å². The zero-order valence-electron chi connectivity index (χ0n) is 32.8. The zero-order valence-corrected chi connectivity index (χ0v) is 33.7. The molecule has 5 unspecified atom stereocenters. The van der Waals surface area contributed by atoms with Crippen molar-refractivity contribution >= 4 is 13.8 Å². The van der Waals surface area contributed by atoms with E-state index < -0.39 is 26.0 Å². The van der Waals surface area contributed by atoms with Gasteiger partial charge >= 0.3 is 13.8 Å². The largest absolute Gasteiger partial charge is 0.472 e. The lowest BCUT2D eigenvalue weighted by atomic mass is 10.0. The maximum absolute atomic E-state index is 12.6. The Kier molecular flexibility index (Phi) is 32.0. The minimum absolute atomic E-state index is 0.0643. The molecule has 11 heteroatoms. The average molecular weight is 758 g/mol. The molecular formula is C41H76NO9P. The molecule has 0 aromatic rings. The Bertz CT molecular complexity index is 976. The third-order valence-electron chi connectivity index (χ3n) is 8.99. The van der Waals surface area contributed by atoms with Crippen LogP contribution in [0, 0.1) is 0 Å². The van der Waals surface area contributed by atoms with Crippen LogP contribution < -0.4 is 5.73 Å². The third-order valence-corrected chi connectivity index (χ3v) is 9.97. The van der Waals surface area contributed by atoms with E-state index in [1.54, 1.807) is 6.08 Å². The van der Waals surface area contributed by atoms with E-state index in [1.807, 2.05) is 18.2 Å². The molecule has 0 spiro atoms. The van der Waals surface area contributed by atoms with Gasteiger partial charge in [-0.2, -0.15) is 0 Å².